The molecular weight excluding hydrogens is 208 g/mol. The highest BCUT2D eigenvalue weighted by atomic mass is 14.9. The highest BCUT2D eigenvalue weighted by Crippen LogP contribution is 2.26. The van der Waals surface area contributed by atoms with Crippen LogP contribution in [0.1, 0.15) is 12.5 Å². The van der Waals surface area contributed by atoms with Gasteiger partial charge in [-0.15, -0.1) is 0 Å². The molecule has 0 aliphatic rings. The molecule has 0 saturated carbocycles. The number of benzene rings is 2. The van der Waals surface area contributed by atoms with Gasteiger partial charge in [-0.3, -0.25) is 0 Å². The van der Waals surface area contributed by atoms with Crippen molar-refractivity contribution in [1.82, 2.24) is 0 Å². The lowest BCUT2D eigenvalue weighted by atomic mass is 10.0. The molecule has 1 N–H and O–H groups in total. The van der Waals surface area contributed by atoms with E-state index in [9.17, 15) is 0 Å². The summed E-state index contributed by atoms with van der Waals surface area (Å²) in [5.41, 5.74) is 2.84. The van der Waals surface area contributed by atoms with Crippen molar-refractivity contribution in [3.8, 4) is 6.07 Å². The number of nitriles is 1. The van der Waals surface area contributed by atoms with Crippen molar-refractivity contribution >= 4 is 16.5 Å². The molecule has 2 rings (SSSR count). The Bertz CT molecular complexity index is 606. The number of nitrogens with zero attached hydrogens (tertiary/aromatic N) is 1. The van der Waals surface area contributed by atoms with Crippen molar-refractivity contribution in [3.05, 3.63) is 54.1 Å². The van der Waals surface area contributed by atoms with Crippen LogP contribution < -0.4 is 5.32 Å². The lowest BCUT2D eigenvalue weighted by Crippen LogP contribution is -2.02. The molecule has 2 heteroatoms. The Morgan fingerprint density at radius 1 is 1.24 bits per heavy atom. The molecule has 0 aliphatic carbocycles. The number of nitrogens with one attached hydrogen (secondary N) is 1. The number of hydrogen-bond donors (Lipinski definition) is 1. The van der Waals surface area contributed by atoms with Crippen molar-refractivity contribution in [2.45, 2.75) is 6.92 Å². The van der Waals surface area contributed by atoms with Gasteiger partial charge in [-0.25, -0.2) is 0 Å². The lowest BCUT2D eigenvalue weighted by molar-refractivity contribution is 1.22. The summed E-state index contributed by atoms with van der Waals surface area (Å²) < 4.78 is 0. The first-order valence-corrected chi connectivity index (χ1v) is 5.52. The fourth-order valence-corrected chi connectivity index (χ4v) is 1.80. The van der Waals surface area contributed by atoms with Gasteiger partial charge in [0.25, 0.3) is 0 Å². The zero-order chi connectivity index (χ0) is 12.3. The van der Waals surface area contributed by atoms with Gasteiger partial charge >= 0.3 is 0 Å². The van der Waals surface area contributed by atoms with E-state index in [4.69, 9.17) is 5.26 Å². The Morgan fingerprint density at radius 3 is 2.59 bits per heavy atom. The van der Waals surface area contributed by atoms with Crippen LogP contribution >= 0.6 is 0 Å². The van der Waals surface area contributed by atoms with Gasteiger partial charge in [0.05, 0.1) is 11.6 Å². The van der Waals surface area contributed by atoms with Crippen LogP contribution in [0.15, 0.2) is 48.6 Å². The van der Waals surface area contributed by atoms with E-state index in [1.54, 1.807) is 0 Å². The lowest BCUT2D eigenvalue weighted by Gasteiger charge is -2.10. The van der Waals surface area contributed by atoms with E-state index in [1.807, 2.05) is 43.3 Å². The second-order valence-electron chi connectivity index (χ2n) is 4.13. The predicted molar refractivity (Wildman–Crippen MR) is 72.0 cm³/mol. The van der Waals surface area contributed by atoms with Crippen LogP contribution in [0.25, 0.3) is 10.8 Å². The highest BCUT2D eigenvalue weighted by Gasteiger charge is 2.04. The average molecular weight is 222 g/mol. The van der Waals surface area contributed by atoms with Crippen LogP contribution in [0.4, 0.5) is 5.69 Å². The van der Waals surface area contributed by atoms with Crippen LogP contribution in [-0.4, -0.2) is 6.54 Å². The largest absolute Gasteiger partial charge is 0.381 e. The maximum atomic E-state index is 9.06. The molecule has 0 aliphatic heterocycles. The smallest absolute Gasteiger partial charge is 0.0998 e. The summed E-state index contributed by atoms with van der Waals surface area (Å²) in [7, 11) is 0. The molecule has 2 aromatic carbocycles. The molecule has 0 atom stereocenters. The standard InChI is InChI=1S/C15H14N2/c1-11(2)10-17-15-8-7-12(9-16)13-5-3-4-6-14(13)15/h3-8,17H,1,10H2,2H3. The number of fused-ring (bicyclic) bond motifs is 1. The normalized spacial score (nSPS) is 9.88. The van der Waals surface area contributed by atoms with Crippen molar-refractivity contribution in [2.75, 3.05) is 11.9 Å². The molecule has 0 heterocycles. The van der Waals surface area contributed by atoms with Crippen molar-refractivity contribution < 1.29 is 0 Å². The van der Waals surface area contributed by atoms with Gasteiger partial charge in [0.2, 0.25) is 0 Å². The molecule has 0 bridgehead atoms. The molecule has 0 spiro atoms. The Hall–Kier alpha value is -2.27. The zero-order valence-corrected chi connectivity index (χ0v) is 9.83. The second-order valence-corrected chi connectivity index (χ2v) is 4.13. The van der Waals surface area contributed by atoms with Gasteiger partial charge in [0.1, 0.15) is 0 Å². The molecule has 17 heavy (non-hydrogen) atoms. The maximum Gasteiger partial charge on any atom is 0.0998 e. The predicted octanol–water partition coefficient (Wildman–Crippen LogP) is 3.70. The van der Waals surface area contributed by atoms with E-state index >= 15 is 0 Å². The van der Waals surface area contributed by atoms with Crippen LogP contribution in [-0.2, 0) is 0 Å². The Balaban J connectivity index is 2.52. The first-order chi connectivity index (χ1) is 8.22. The van der Waals surface area contributed by atoms with Gasteiger partial charge in [-0.05, 0) is 19.1 Å². The zero-order valence-electron chi connectivity index (χ0n) is 9.83. The average Bonchev–Trinajstić information content (AvgIpc) is 2.35. The number of rotatable bonds is 3. The molecular formula is C15H14N2. The Morgan fingerprint density at radius 2 is 1.94 bits per heavy atom. The monoisotopic (exact) mass is 222 g/mol. The van der Waals surface area contributed by atoms with E-state index < -0.39 is 0 Å². The van der Waals surface area contributed by atoms with Gasteiger partial charge in [0, 0.05) is 23.0 Å². The number of hydrogen-bond acceptors (Lipinski definition) is 2. The first-order valence-electron chi connectivity index (χ1n) is 5.52. The molecule has 0 fully saturated rings. The second kappa shape index (κ2) is 4.71. The maximum absolute atomic E-state index is 9.06. The van der Waals surface area contributed by atoms with E-state index in [2.05, 4.69) is 18.0 Å². The van der Waals surface area contributed by atoms with Crippen molar-refractivity contribution in [3.63, 3.8) is 0 Å². The minimum absolute atomic E-state index is 0.710. The molecule has 2 nitrogen and oxygen atoms in total. The van der Waals surface area contributed by atoms with Gasteiger partial charge in [-0.1, -0.05) is 36.4 Å². The topological polar surface area (TPSA) is 35.8 Å². The van der Waals surface area contributed by atoms with Crippen molar-refractivity contribution in [2.24, 2.45) is 0 Å². The summed E-state index contributed by atoms with van der Waals surface area (Å²) in [4.78, 5) is 0. The molecule has 0 aromatic heterocycles. The fourth-order valence-electron chi connectivity index (χ4n) is 1.80. The summed E-state index contributed by atoms with van der Waals surface area (Å²) in [5.74, 6) is 0. The van der Waals surface area contributed by atoms with E-state index in [0.717, 1.165) is 28.6 Å². The first kappa shape index (κ1) is 11.2. The minimum atomic E-state index is 0.710. The summed E-state index contributed by atoms with van der Waals surface area (Å²) in [6, 6.07) is 13.9. The van der Waals surface area contributed by atoms with Crippen molar-refractivity contribution in [1.29, 1.82) is 5.26 Å². The van der Waals surface area contributed by atoms with E-state index in [-0.39, 0.29) is 0 Å². The molecule has 0 amide bonds. The van der Waals surface area contributed by atoms with Crippen LogP contribution in [0.2, 0.25) is 0 Å². The third-order valence-corrected chi connectivity index (χ3v) is 2.63. The Kier molecular flexibility index (Phi) is 3.11. The van der Waals surface area contributed by atoms with Gasteiger partial charge in [-0.2, -0.15) is 5.26 Å². The minimum Gasteiger partial charge on any atom is -0.381 e. The summed E-state index contributed by atoms with van der Waals surface area (Å²) in [6.07, 6.45) is 0. The molecule has 2 aromatic rings. The van der Waals surface area contributed by atoms with E-state index in [1.165, 1.54) is 0 Å². The molecule has 0 saturated heterocycles. The third-order valence-electron chi connectivity index (χ3n) is 2.63. The van der Waals surface area contributed by atoms with Crippen LogP contribution in [0.5, 0.6) is 0 Å². The van der Waals surface area contributed by atoms with E-state index in [0.29, 0.717) is 5.56 Å². The molecule has 84 valence electrons. The SMILES string of the molecule is C=C(C)CNc1ccc(C#N)c2ccccc12. The summed E-state index contributed by atoms with van der Waals surface area (Å²) >= 11 is 0. The van der Waals surface area contributed by atoms with Crippen LogP contribution in [0.3, 0.4) is 0 Å². The Labute approximate surface area is 101 Å². The highest BCUT2D eigenvalue weighted by molar-refractivity contribution is 5.97. The summed E-state index contributed by atoms with van der Waals surface area (Å²) in [6.45, 7) is 6.60. The third kappa shape index (κ3) is 2.29. The van der Waals surface area contributed by atoms with Crippen LogP contribution in [0, 0.1) is 11.3 Å². The molecule has 0 unspecified atom stereocenters. The van der Waals surface area contributed by atoms with Gasteiger partial charge in [0.15, 0.2) is 0 Å². The fraction of sp³-hybridized carbons (Fsp3) is 0.133. The number of anilines is 1. The van der Waals surface area contributed by atoms with Gasteiger partial charge < -0.3 is 5.32 Å². The quantitative estimate of drug-likeness (QED) is 0.804. The summed E-state index contributed by atoms with van der Waals surface area (Å²) in [5, 5.41) is 14.5. The molecule has 0 radical (unpaired) electrons.